The molecule has 0 amide bonds. The topological polar surface area (TPSA) is 48.3 Å². The van der Waals surface area contributed by atoms with Crippen LogP contribution in [0.4, 0.5) is 0 Å². The number of nitriles is 1. The summed E-state index contributed by atoms with van der Waals surface area (Å²) in [6.45, 7) is 7.91. The number of nitrogens with zero attached hydrogens (tertiary/aromatic N) is 2. The summed E-state index contributed by atoms with van der Waals surface area (Å²) in [5, 5.41) is 12.1. The monoisotopic (exact) mass is 287 g/mol. The fourth-order valence-corrected chi connectivity index (χ4v) is 2.70. The maximum absolute atomic E-state index is 8.48. The lowest BCUT2D eigenvalue weighted by atomic mass is 10.0. The molecule has 1 aromatic rings. The van der Waals surface area contributed by atoms with Crippen molar-refractivity contribution in [3.63, 3.8) is 0 Å². The van der Waals surface area contributed by atoms with Crippen LogP contribution in [0.3, 0.4) is 0 Å². The van der Waals surface area contributed by atoms with E-state index in [9.17, 15) is 0 Å². The predicted octanol–water partition coefficient (Wildman–Crippen LogP) is 2.55. The van der Waals surface area contributed by atoms with Gasteiger partial charge in [-0.15, -0.1) is 0 Å². The number of piperidine rings is 1. The number of hydrogen-bond donors (Lipinski definition) is 1. The summed E-state index contributed by atoms with van der Waals surface area (Å²) in [6.07, 6.45) is 2.45. The molecule has 2 rings (SSSR count). The van der Waals surface area contributed by atoms with Gasteiger partial charge in [0.25, 0.3) is 0 Å². The van der Waals surface area contributed by atoms with Gasteiger partial charge in [0.05, 0.1) is 0 Å². The molecule has 114 valence electrons. The molecule has 1 aromatic carbocycles. The van der Waals surface area contributed by atoms with Crippen molar-refractivity contribution in [3.05, 3.63) is 29.8 Å². The second-order valence-corrected chi connectivity index (χ2v) is 5.88. The van der Waals surface area contributed by atoms with Gasteiger partial charge in [0.15, 0.2) is 6.61 Å². The van der Waals surface area contributed by atoms with E-state index < -0.39 is 0 Å². The molecule has 0 saturated carbocycles. The molecule has 1 saturated heterocycles. The van der Waals surface area contributed by atoms with Crippen molar-refractivity contribution in [2.45, 2.75) is 45.3 Å². The van der Waals surface area contributed by atoms with Gasteiger partial charge in [-0.25, -0.2) is 0 Å². The SMILES string of the molecule is CC(C)N1CCC(NCc2ccc(OCC#N)cc2)CC1. The van der Waals surface area contributed by atoms with Crippen LogP contribution in [0.5, 0.6) is 5.75 Å². The average Bonchev–Trinajstić information content (AvgIpc) is 2.52. The number of rotatable bonds is 6. The van der Waals surface area contributed by atoms with Gasteiger partial charge in [-0.05, 0) is 57.5 Å². The Morgan fingerprint density at radius 1 is 1.29 bits per heavy atom. The Hall–Kier alpha value is -1.57. The lowest BCUT2D eigenvalue weighted by Gasteiger charge is -2.35. The molecule has 1 heterocycles. The Labute approximate surface area is 127 Å². The zero-order chi connectivity index (χ0) is 15.1. The van der Waals surface area contributed by atoms with Crippen LogP contribution in [-0.4, -0.2) is 36.7 Å². The first kappa shape index (κ1) is 15.8. The van der Waals surface area contributed by atoms with E-state index in [1.807, 2.05) is 18.2 Å². The molecule has 0 radical (unpaired) electrons. The van der Waals surface area contributed by atoms with E-state index in [4.69, 9.17) is 10.00 Å². The first-order valence-corrected chi connectivity index (χ1v) is 7.75. The second kappa shape index (κ2) is 8.02. The maximum Gasteiger partial charge on any atom is 0.174 e. The Morgan fingerprint density at radius 3 is 2.52 bits per heavy atom. The van der Waals surface area contributed by atoms with Crippen LogP contribution < -0.4 is 10.1 Å². The van der Waals surface area contributed by atoms with E-state index in [1.54, 1.807) is 0 Å². The summed E-state index contributed by atoms with van der Waals surface area (Å²) in [4.78, 5) is 2.54. The molecule has 21 heavy (non-hydrogen) atoms. The number of nitrogens with one attached hydrogen (secondary N) is 1. The first-order valence-electron chi connectivity index (χ1n) is 7.75. The molecule has 4 nitrogen and oxygen atoms in total. The zero-order valence-corrected chi connectivity index (χ0v) is 13.0. The van der Waals surface area contributed by atoms with E-state index in [0.717, 1.165) is 12.3 Å². The van der Waals surface area contributed by atoms with E-state index >= 15 is 0 Å². The summed E-state index contributed by atoms with van der Waals surface area (Å²) < 4.78 is 5.25. The van der Waals surface area contributed by atoms with Gasteiger partial charge in [0, 0.05) is 18.6 Å². The van der Waals surface area contributed by atoms with Crippen LogP contribution in [0.25, 0.3) is 0 Å². The molecule has 0 spiro atoms. The van der Waals surface area contributed by atoms with Crippen LogP contribution in [-0.2, 0) is 6.54 Å². The number of ether oxygens (including phenoxy) is 1. The van der Waals surface area contributed by atoms with Gasteiger partial charge in [-0.1, -0.05) is 12.1 Å². The standard InChI is InChI=1S/C17H25N3O/c1-14(2)20-10-7-16(8-11-20)19-13-15-3-5-17(6-4-15)21-12-9-18/h3-6,14,16,19H,7-8,10-13H2,1-2H3. The van der Waals surface area contributed by atoms with E-state index in [-0.39, 0.29) is 6.61 Å². The summed E-state index contributed by atoms with van der Waals surface area (Å²) >= 11 is 0. The predicted molar refractivity (Wildman–Crippen MR) is 84.1 cm³/mol. The van der Waals surface area contributed by atoms with Crippen LogP contribution in [0, 0.1) is 11.3 Å². The fraction of sp³-hybridized carbons (Fsp3) is 0.588. The third kappa shape index (κ3) is 5.04. The average molecular weight is 287 g/mol. The maximum atomic E-state index is 8.48. The molecule has 0 unspecified atom stereocenters. The van der Waals surface area contributed by atoms with Crippen LogP contribution in [0.2, 0.25) is 0 Å². The van der Waals surface area contributed by atoms with Gasteiger partial charge < -0.3 is 15.0 Å². The second-order valence-electron chi connectivity index (χ2n) is 5.88. The normalized spacial score (nSPS) is 16.9. The quantitative estimate of drug-likeness (QED) is 0.873. The van der Waals surface area contributed by atoms with Crippen LogP contribution in [0.15, 0.2) is 24.3 Å². The fourth-order valence-electron chi connectivity index (χ4n) is 2.70. The molecule has 1 aliphatic heterocycles. The summed E-state index contributed by atoms with van der Waals surface area (Å²) in [5.74, 6) is 0.755. The highest BCUT2D eigenvalue weighted by molar-refractivity contribution is 5.27. The summed E-state index contributed by atoms with van der Waals surface area (Å²) in [7, 11) is 0. The number of likely N-dealkylation sites (tertiary alicyclic amines) is 1. The molecule has 0 atom stereocenters. The third-order valence-electron chi connectivity index (χ3n) is 4.08. The molecule has 0 aromatic heterocycles. The Kier molecular flexibility index (Phi) is 6.04. The van der Waals surface area contributed by atoms with Crippen molar-refractivity contribution in [1.29, 1.82) is 5.26 Å². The molecule has 0 bridgehead atoms. The minimum atomic E-state index is 0.103. The Balaban J connectivity index is 1.72. The Bertz CT molecular complexity index is 456. The molecule has 1 N–H and O–H groups in total. The van der Waals surface area contributed by atoms with Crippen molar-refractivity contribution in [3.8, 4) is 11.8 Å². The molecular weight excluding hydrogens is 262 g/mol. The van der Waals surface area contributed by atoms with Crippen LogP contribution >= 0.6 is 0 Å². The van der Waals surface area contributed by atoms with Crippen molar-refractivity contribution in [1.82, 2.24) is 10.2 Å². The highest BCUT2D eigenvalue weighted by Gasteiger charge is 2.20. The van der Waals surface area contributed by atoms with Gasteiger partial charge in [0.1, 0.15) is 11.8 Å². The van der Waals surface area contributed by atoms with Gasteiger partial charge in [0.2, 0.25) is 0 Å². The lowest BCUT2D eigenvalue weighted by molar-refractivity contribution is 0.161. The molecule has 0 aliphatic carbocycles. The highest BCUT2D eigenvalue weighted by atomic mass is 16.5. The Morgan fingerprint density at radius 2 is 1.95 bits per heavy atom. The molecule has 1 aliphatic rings. The van der Waals surface area contributed by atoms with E-state index in [0.29, 0.717) is 12.1 Å². The van der Waals surface area contributed by atoms with Gasteiger partial charge >= 0.3 is 0 Å². The minimum Gasteiger partial charge on any atom is -0.479 e. The third-order valence-corrected chi connectivity index (χ3v) is 4.08. The van der Waals surface area contributed by atoms with Gasteiger partial charge in [-0.2, -0.15) is 5.26 Å². The lowest BCUT2D eigenvalue weighted by Crippen LogP contribution is -2.44. The van der Waals surface area contributed by atoms with Crippen molar-refractivity contribution >= 4 is 0 Å². The minimum absolute atomic E-state index is 0.103. The molecule has 4 heteroatoms. The van der Waals surface area contributed by atoms with Crippen molar-refractivity contribution in [2.75, 3.05) is 19.7 Å². The van der Waals surface area contributed by atoms with E-state index in [2.05, 4.69) is 36.2 Å². The summed E-state index contributed by atoms with van der Waals surface area (Å²) in [5.41, 5.74) is 1.26. The smallest absolute Gasteiger partial charge is 0.174 e. The summed E-state index contributed by atoms with van der Waals surface area (Å²) in [6, 6.07) is 11.2. The highest BCUT2D eigenvalue weighted by Crippen LogP contribution is 2.15. The van der Waals surface area contributed by atoms with Crippen molar-refractivity contribution < 1.29 is 4.74 Å². The number of hydrogen-bond acceptors (Lipinski definition) is 4. The molecular formula is C17H25N3O. The largest absolute Gasteiger partial charge is 0.479 e. The van der Waals surface area contributed by atoms with E-state index in [1.165, 1.54) is 31.5 Å². The van der Waals surface area contributed by atoms with Crippen LogP contribution in [0.1, 0.15) is 32.3 Å². The zero-order valence-electron chi connectivity index (χ0n) is 13.0. The van der Waals surface area contributed by atoms with Gasteiger partial charge in [-0.3, -0.25) is 0 Å². The van der Waals surface area contributed by atoms with Crippen molar-refractivity contribution in [2.24, 2.45) is 0 Å². The first-order chi connectivity index (χ1) is 10.2. The number of benzene rings is 1. The molecule has 1 fully saturated rings.